The lowest BCUT2D eigenvalue weighted by molar-refractivity contribution is -0.113. The Morgan fingerprint density at radius 1 is 1.14 bits per heavy atom. The third-order valence-corrected chi connectivity index (χ3v) is 4.51. The van der Waals surface area contributed by atoms with E-state index in [0.717, 1.165) is 11.1 Å². The Morgan fingerprint density at radius 3 is 2.48 bits per heavy atom. The second-order valence-electron chi connectivity index (χ2n) is 4.93. The summed E-state index contributed by atoms with van der Waals surface area (Å²) < 4.78 is 12.3. The largest absolute Gasteiger partial charge is 0.399 e. The molecule has 0 bridgehead atoms. The van der Waals surface area contributed by atoms with E-state index in [9.17, 15) is 9.00 Å². The standard InChI is InChI=1S/C16H18N2O2S/c1-11-3-7-14(8-4-11)18-16(19)10-21(20)15-9-13(17)6-5-12(15)2/h3-9H,10,17H2,1-2H3,(H,18,19). The quantitative estimate of drug-likeness (QED) is 0.853. The molecule has 21 heavy (non-hydrogen) atoms. The van der Waals surface area contributed by atoms with Crippen LogP contribution in [0, 0.1) is 13.8 Å². The Morgan fingerprint density at radius 2 is 1.81 bits per heavy atom. The van der Waals surface area contributed by atoms with E-state index in [2.05, 4.69) is 5.32 Å². The van der Waals surface area contributed by atoms with Gasteiger partial charge in [0.1, 0.15) is 5.75 Å². The number of anilines is 2. The number of nitrogens with one attached hydrogen (secondary N) is 1. The van der Waals surface area contributed by atoms with Gasteiger partial charge in [0, 0.05) is 16.3 Å². The molecule has 0 saturated heterocycles. The van der Waals surface area contributed by atoms with Gasteiger partial charge < -0.3 is 11.1 Å². The van der Waals surface area contributed by atoms with Crippen molar-refractivity contribution in [2.45, 2.75) is 18.7 Å². The van der Waals surface area contributed by atoms with Crippen LogP contribution in [0.3, 0.4) is 0 Å². The van der Waals surface area contributed by atoms with Crippen LogP contribution >= 0.6 is 0 Å². The number of rotatable bonds is 4. The molecule has 2 rings (SSSR count). The van der Waals surface area contributed by atoms with Crippen LogP contribution in [0.2, 0.25) is 0 Å². The molecule has 1 amide bonds. The monoisotopic (exact) mass is 302 g/mol. The average Bonchev–Trinajstić information content (AvgIpc) is 2.44. The fourth-order valence-electron chi connectivity index (χ4n) is 1.89. The van der Waals surface area contributed by atoms with Gasteiger partial charge in [-0.15, -0.1) is 0 Å². The first kappa shape index (κ1) is 15.3. The molecule has 1 atom stereocenters. The molecule has 0 fully saturated rings. The number of hydrogen-bond acceptors (Lipinski definition) is 3. The number of carbonyl (C=O) groups is 1. The Labute approximate surface area is 126 Å². The van der Waals surface area contributed by atoms with Crippen molar-refractivity contribution >= 4 is 28.1 Å². The van der Waals surface area contributed by atoms with Crippen LogP contribution in [0.25, 0.3) is 0 Å². The minimum Gasteiger partial charge on any atom is -0.399 e. The lowest BCUT2D eigenvalue weighted by Crippen LogP contribution is -2.20. The fourth-order valence-corrected chi connectivity index (χ4v) is 3.05. The van der Waals surface area contributed by atoms with Gasteiger partial charge in [0.15, 0.2) is 0 Å². The first-order chi connectivity index (χ1) is 9.95. The van der Waals surface area contributed by atoms with Crippen molar-refractivity contribution in [1.29, 1.82) is 0 Å². The molecule has 5 heteroatoms. The number of carbonyl (C=O) groups excluding carboxylic acids is 1. The molecule has 1 unspecified atom stereocenters. The number of nitrogens with two attached hydrogens (primary N) is 1. The molecule has 0 radical (unpaired) electrons. The van der Waals surface area contributed by atoms with Crippen molar-refractivity contribution in [2.24, 2.45) is 0 Å². The smallest absolute Gasteiger partial charge is 0.237 e. The molecular weight excluding hydrogens is 284 g/mol. The zero-order valence-corrected chi connectivity index (χ0v) is 12.9. The molecule has 0 saturated carbocycles. The van der Waals surface area contributed by atoms with E-state index in [4.69, 9.17) is 5.73 Å². The van der Waals surface area contributed by atoms with E-state index in [1.807, 2.05) is 38.1 Å². The van der Waals surface area contributed by atoms with Crippen LogP contribution in [0.4, 0.5) is 11.4 Å². The summed E-state index contributed by atoms with van der Waals surface area (Å²) in [5.74, 6) is -0.364. The van der Waals surface area contributed by atoms with E-state index < -0.39 is 10.8 Å². The summed E-state index contributed by atoms with van der Waals surface area (Å²) in [6.45, 7) is 3.83. The summed E-state index contributed by atoms with van der Waals surface area (Å²) in [6.07, 6.45) is 0. The van der Waals surface area contributed by atoms with E-state index in [1.165, 1.54) is 0 Å². The van der Waals surface area contributed by atoms with Crippen LogP contribution in [0.5, 0.6) is 0 Å². The topological polar surface area (TPSA) is 72.2 Å². The zero-order chi connectivity index (χ0) is 15.4. The van der Waals surface area contributed by atoms with Crippen molar-refractivity contribution in [1.82, 2.24) is 0 Å². The summed E-state index contributed by atoms with van der Waals surface area (Å²) in [7, 11) is -1.41. The van der Waals surface area contributed by atoms with E-state index in [0.29, 0.717) is 16.3 Å². The number of nitrogen functional groups attached to an aromatic ring is 1. The lowest BCUT2D eigenvalue weighted by atomic mass is 10.2. The highest BCUT2D eigenvalue weighted by Gasteiger charge is 2.13. The predicted octanol–water partition coefficient (Wildman–Crippen LogP) is 2.63. The highest BCUT2D eigenvalue weighted by molar-refractivity contribution is 7.85. The van der Waals surface area contributed by atoms with Crippen LogP contribution < -0.4 is 11.1 Å². The van der Waals surface area contributed by atoms with Gasteiger partial charge in [0.25, 0.3) is 0 Å². The molecule has 4 nitrogen and oxygen atoms in total. The van der Waals surface area contributed by atoms with Crippen LogP contribution in [-0.2, 0) is 15.6 Å². The summed E-state index contributed by atoms with van der Waals surface area (Å²) >= 11 is 0. The van der Waals surface area contributed by atoms with E-state index >= 15 is 0 Å². The van der Waals surface area contributed by atoms with Crippen molar-refractivity contribution in [2.75, 3.05) is 16.8 Å². The molecule has 110 valence electrons. The lowest BCUT2D eigenvalue weighted by Gasteiger charge is -2.08. The minimum absolute atomic E-state index is 0.0851. The van der Waals surface area contributed by atoms with Crippen LogP contribution in [0.15, 0.2) is 47.4 Å². The van der Waals surface area contributed by atoms with E-state index in [-0.39, 0.29) is 11.7 Å². The second-order valence-corrected chi connectivity index (χ2v) is 6.35. The molecule has 0 aliphatic rings. The highest BCUT2D eigenvalue weighted by atomic mass is 32.2. The van der Waals surface area contributed by atoms with Crippen LogP contribution in [-0.4, -0.2) is 15.9 Å². The average molecular weight is 302 g/mol. The predicted molar refractivity (Wildman–Crippen MR) is 86.7 cm³/mol. The number of aryl methyl sites for hydroxylation is 2. The molecule has 2 aromatic carbocycles. The molecule has 0 heterocycles. The number of hydrogen-bond donors (Lipinski definition) is 2. The van der Waals surface area contributed by atoms with Gasteiger partial charge in [-0.25, -0.2) is 0 Å². The Bertz CT molecular complexity index is 681. The van der Waals surface area contributed by atoms with Gasteiger partial charge in [0.2, 0.25) is 5.91 Å². The SMILES string of the molecule is Cc1ccc(NC(=O)CS(=O)c2cc(N)ccc2C)cc1. The Kier molecular flexibility index (Phi) is 4.75. The first-order valence-electron chi connectivity index (χ1n) is 6.57. The molecule has 0 aromatic heterocycles. The van der Waals surface area contributed by atoms with E-state index in [1.54, 1.807) is 18.2 Å². The zero-order valence-electron chi connectivity index (χ0n) is 12.1. The Balaban J connectivity index is 2.03. The maximum absolute atomic E-state index is 12.3. The minimum atomic E-state index is -1.41. The van der Waals surface area contributed by atoms with Gasteiger partial charge >= 0.3 is 0 Å². The maximum Gasteiger partial charge on any atom is 0.237 e. The molecule has 2 aromatic rings. The number of amides is 1. The van der Waals surface area contributed by atoms with Gasteiger partial charge in [0.05, 0.1) is 10.8 Å². The van der Waals surface area contributed by atoms with Gasteiger partial charge in [-0.1, -0.05) is 23.8 Å². The Hall–Kier alpha value is -2.14. The number of benzene rings is 2. The highest BCUT2D eigenvalue weighted by Crippen LogP contribution is 2.17. The molecule has 3 N–H and O–H groups in total. The molecular formula is C16H18N2O2S. The molecule has 0 aliphatic heterocycles. The maximum atomic E-state index is 12.3. The van der Waals surface area contributed by atoms with Gasteiger partial charge in [-0.2, -0.15) is 0 Å². The fraction of sp³-hybridized carbons (Fsp3) is 0.188. The van der Waals surface area contributed by atoms with Gasteiger partial charge in [-0.3, -0.25) is 9.00 Å². The van der Waals surface area contributed by atoms with Crippen LogP contribution in [0.1, 0.15) is 11.1 Å². The molecule has 0 spiro atoms. The van der Waals surface area contributed by atoms with Crippen molar-refractivity contribution in [3.8, 4) is 0 Å². The first-order valence-corrected chi connectivity index (χ1v) is 7.88. The van der Waals surface area contributed by atoms with Gasteiger partial charge in [-0.05, 0) is 43.7 Å². The normalized spacial score (nSPS) is 11.9. The molecule has 0 aliphatic carbocycles. The van der Waals surface area contributed by atoms with Crippen molar-refractivity contribution < 1.29 is 9.00 Å². The summed E-state index contributed by atoms with van der Waals surface area (Å²) in [4.78, 5) is 12.5. The second kappa shape index (κ2) is 6.54. The summed E-state index contributed by atoms with van der Waals surface area (Å²) in [6, 6.07) is 12.7. The summed E-state index contributed by atoms with van der Waals surface area (Å²) in [5, 5.41) is 2.74. The van der Waals surface area contributed by atoms with Crippen molar-refractivity contribution in [3.63, 3.8) is 0 Å². The third-order valence-electron chi connectivity index (χ3n) is 3.05. The third kappa shape index (κ3) is 4.16. The summed E-state index contributed by atoms with van der Waals surface area (Å²) in [5.41, 5.74) is 8.93. The van der Waals surface area contributed by atoms with Crippen molar-refractivity contribution in [3.05, 3.63) is 53.6 Å².